The lowest BCUT2D eigenvalue weighted by molar-refractivity contribution is -0.161. The highest BCUT2D eigenvalue weighted by Crippen LogP contribution is 2.43. The maximum Gasteiger partial charge on any atom is 0.472 e. The highest BCUT2D eigenvalue weighted by molar-refractivity contribution is 7.47. The number of hydrogen-bond donors (Lipinski definition) is 3. The lowest BCUT2D eigenvalue weighted by Gasteiger charge is -2.20. The van der Waals surface area contributed by atoms with Gasteiger partial charge in [0.15, 0.2) is 6.10 Å². The predicted octanol–water partition coefficient (Wildman–Crippen LogP) is 5.60. The van der Waals surface area contributed by atoms with Crippen LogP contribution in [0.15, 0.2) is 0 Å². The van der Waals surface area contributed by atoms with E-state index >= 15 is 0 Å². The summed E-state index contributed by atoms with van der Waals surface area (Å²) in [6, 6.07) is 0. The monoisotopic (exact) mass is 568 g/mol. The van der Waals surface area contributed by atoms with Crippen molar-refractivity contribution in [3.63, 3.8) is 0 Å². The second kappa shape index (κ2) is 25.0. The van der Waals surface area contributed by atoms with E-state index in [2.05, 4.69) is 18.4 Å². The van der Waals surface area contributed by atoms with Gasteiger partial charge in [-0.1, -0.05) is 97.3 Å². The van der Waals surface area contributed by atoms with Gasteiger partial charge in [0.05, 0.1) is 19.8 Å². The van der Waals surface area contributed by atoms with Crippen molar-refractivity contribution >= 4 is 19.8 Å². The molecule has 10 nitrogen and oxygen atoms in total. The van der Waals surface area contributed by atoms with Gasteiger partial charge in [-0.05, 0) is 12.8 Å². The van der Waals surface area contributed by atoms with Crippen LogP contribution in [0.25, 0.3) is 0 Å². The Morgan fingerprint density at radius 1 is 0.684 bits per heavy atom. The molecule has 11 heteroatoms. The van der Waals surface area contributed by atoms with E-state index in [1.54, 1.807) is 0 Å². The molecule has 0 heterocycles. The molecule has 0 aromatic heterocycles. The number of hydrogen-bond acceptors (Lipinski definition) is 9. The Morgan fingerprint density at radius 3 is 1.63 bits per heavy atom. The summed E-state index contributed by atoms with van der Waals surface area (Å²) in [6.45, 7) is 2.24. The molecule has 0 rings (SSSR count). The summed E-state index contributed by atoms with van der Waals surface area (Å²) in [4.78, 5) is 34.2. The molecule has 0 aliphatic rings. The summed E-state index contributed by atoms with van der Waals surface area (Å²) in [5.41, 5.74) is 0. The summed E-state index contributed by atoms with van der Waals surface area (Å²) in [7, 11) is -4.58. The van der Waals surface area contributed by atoms with Gasteiger partial charge in [0.25, 0.3) is 0 Å². The molecular formula is C27H53O10P. The van der Waals surface area contributed by atoms with Gasteiger partial charge < -0.3 is 24.6 Å². The van der Waals surface area contributed by atoms with Crippen molar-refractivity contribution in [1.82, 2.24) is 0 Å². The van der Waals surface area contributed by atoms with Crippen LogP contribution >= 0.6 is 7.82 Å². The first kappa shape index (κ1) is 37.0. The van der Waals surface area contributed by atoms with Gasteiger partial charge >= 0.3 is 19.8 Å². The summed E-state index contributed by atoms with van der Waals surface area (Å²) in [5.74, 6) is -0.937. The van der Waals surface area contributed by atoms with Crippen LogP contribution in [0, 0.1) is 0 Å². The quantitative estimate of drug-likeness (QED) is 0.0649. The maximum atomic E-state index is 12.3. The summed E-state index contributed by atoms with van der Waals surface area (Å²) < 4.78 is 32.1. The van der Waals surface area contributed by atoms with E-state index in [-0.39, 0.29) is 19.4 Å². The molecular weight excluding hydrogens is 515 g/mol. The standard InChI is InChI=1S/C27H53O10P/c1-3-5-7-9-11-12-13-15-17-19-27(31)37-25(23-36-38(32,33)35-21-24(29)20-28)22-34-26(30)18-16-14-10-8-6-4-2/h24-25,28-29H,3-23H2,1-2H3,(H,32,33). The van der Waals surface area contributed by atoms with Gasteiger partial charge in [-0.15, -0.1) is 0 Å². The molecule has 38 heavy (non-hydrogen) atoms. The molecule has 0 aromatic carbocycles. The lowest BCUT2D eigenvalue weighted by Crippen LogP contribution is -2.29. The van der Waals surface area contributed by atoms with Gasteiger partial charge in [0.1, 0.15) is 12.7 Å². The number of carbonyl (C=O) groups is 2. The number of esters is 2. The molecule has 0 spiro atoms. The van der Waals surface area contributed by atoms with Crippen molar-refractivity contribution in [2.24, 2.45) is 0 Å². The Morgan fingerprint density at radius 2 is 1.13 bits per heavy atom. The molecule has 0 aromatic rings. The third-order valence-corrected chi connectivity index (χ3v) is 6.96. The lowest BCUT2D eigenvalue weighted by atomic mass is 10.1. The maximum absolute atomic E-state index is 12.3. The van der Waals surface area contributed by atoms with Crippen molar-refractivity contribution in [1.29, 1.82) is 0 Å². The van der Waals surface area contributed by atoms with Crippen LogP contribution in [0.4, 0.5) is 0 Å². The van der Waals surface area contributed by atoms with Crippen LogP contribution in [0.5, 0.6) is 0 Å². The average Bonchev–Trinajstić information content (AvgIpc) is 2.89. The summed E-state index contributed by atoms with van der Waals surface area (Å²) >= 11 is 0. The SMILES string of the molecule is CCCCCCCCCCCC(=O)OC(COC(=O)CCCCCCCC)COP(=O)(O)OCC(O)CO. The molecule has 0 aliphatic heterocycles. The Balaban J connectivity index is 4.51. The van der Waals surface area contributed by atoms with Crippen molar-refractivity contribution in [3.05, 3.63) is 0 Å². The third-order valence-electron chi connectivity index (χ3n) is 6.01. The topological polar surface area (TPSA) is 149 Å². The van der Waals surface area contributed by atoms with Gasteiger partial charge in [0.2, 0.25) is 0 Å². The van der Waals surface area contributed by atoms with Gasteiger partial charge in [-0.25, -0.2) is 4.57 Å². The van der Waals surface area contributed by atoms with Crippen molar-refractivity contribution in [2.45, 2.75) is 135 Å². The number of ether oxygens (including phenoxy) is 2. The Kier molecular flexibility index (Phi) is 24.3. The molecule has 3 N–H and O–H groups in total. The molecule has 3 unspecified atom stereocenters. The molecule has 0 aliphatic carbocycles. The Hall–Kier alpha value is -1.03. The second-order valence-electron chi connectivity index (χ2n) is 9.79. The van der Waals surface area contributed by atoms with Crippen LogP contribution in [0.3, 0.4) is 0 Å². The van der Waals surface area contributed by atoms with Crippen molar-refractivity contribution < 1.29 is 47.8 Å². The molecule has 0 fully saturated rings. The third kappa shape index (κ3) is 24.0. The van der Waals surface area contributed by atoms with Gasteiger partial charge in [-0.2, -0.15) is 0 Å². The zero-order chi connectivity index (χ0) is 28.5. The number of aliphatic hydroxyl groups excluding tert-OH is 2. The Labute approximate surface area is 229 Å². The highest BCUT2D eigenvalue weighted by atomic mass is 31.2. The predicted molar refractivity (Wildman–Crippen MR) is 145 cm³/mol. The number of phosphoric ester groups is 1. The number of rotatable bonds is 27. The molecule has 0 amide bonds. The Bertz CT molecular complexity index is 631. The smallest absolute Gasteiger partial charge is 0.462 e. The zero-order valence-electron chi connectivity index (χ0n) is 23.7. The van der Waals surface area contributed by atoms with Crippen LogP contribution in [-0.4, -0.2) is 65.7 Å². The fourth-order valence-corrected chi connectivity index (χ4v) is 4.49. The van der Waals surface area contributed by atoms with Gasteiger partial charge in [-0.3, -0.25) is 18.6 Å². The van der Waals surface area contributed by atoms with Crippen LogP contribution < -0.4 is 0 Å². The highest BCUT2D eigenvalue weighted by Gasteiger charge is 2.27. The first-order valence-corrected chi connectivity index (χ1v) is 16.0. The molecule has 0 saturated heterocycles. The largest absolute Gasteiger partial charge is 0.472 e. The minimum atomic E-state index is -4.58. The van der Waals surface area contributed by atoms with Crippen molar-refractivity contribution in [3.8, 4) is 0 Å². The first-order valence-electron chi connectivity index (χ1n) is 14.5. The molecule has 0 saturated carbocycles. The number of carbonyl (C=O) groups excluding carboxylic acids is 2. The average molecular weight is 569 g/mol. The molecule has 0 bridgehead atoms. The van der Waals surface area contributed by atoms with E-state index in [0.29, 0.717) is 12.8 Å². The molecule has 3 atom stereocenters. The van der Waals surface area contributed by atoms with E-state index < -0.39 is 51.8 Å². The van der Waals surface area contributed by atoms with Gasteiger partial charge in [0, 0.05) is 12.8 Å². The van der Waals surface area contributed by atoms with E-state index in [0.717, 1.165) is 44.9 Å². The summed E-state index contributed by atoms with van der Waals surface area (Å²) in [6.07, 6.45) is 14.1. The first-order chi connectivity index (χ1) is 18.2. The summed E-state index contributed by atoms with van der Waals surface area (Å²) in [5, 5.41) is 18.1. The van der Waals surface area contributed by atoms with Crippen LogP contribution in [-0.2, 0) is 32.7 Å². The van der Waals surface area contributed by atoms with E-state index in [1.807, 2.05) is 0 Å². The van der Waals surface area contributed by atoms with E-state index in [1.165, 1.54) is 38.5 Å². The number of aliphatic hydroxyl groups is 2. The minimum Gasteiger partial charge on any atom is -0.462 e. The molecule has 0 radical (unpaired) electrons. The minimum absolute atomic E-state index is 0.189. The number of phosphoric acid groups is 1. The van der Waals surface area contributed by atoms with E-state index in [4.69, 9.17) is 19.1 Å². The van der Waals surface area contributed by atoms with E-state index in [9.17, 15) is 24.2 Å². The zero-order valence-corrected chi connectivity index (χ0v) is 24.5. The number of unbranched alkanes of at least 4 members (excludes halogenated alkanes) is 13. The molecule has 226 valence electrons. The van der Waals surface area contributed by atoms with Crippen molar-refractivity contribution in [2.75, 3.05) is 26.4 Å². The second-order valence-corrected chi connectivity index (χ2v) is 11.2. The van der Waals surface area contributed by atoms with Crippen LogP contribution in [0.2, 0.25) is 0 Å². The fraction of sp³-hybridized carbons (Fsp3) is 0.926. The normalized spacial score (nSPS) is 14.6. The fourth-order valence-electron chi connectivity index (χ4n) is 3.70. The van der Waals surface area contributed by atoms with Crippen LogP contribution in [0.1, 0.15) is 123 Å².